The number of hydrogen-bond acceptors (Lipinski definition) is 5. The highest BCUT2D eigenvalue weighted by Gasteiger charge is 2.20. The van der Waals surface area contributed by atoms with Gasteiger partial charge in [0.2, 0.25) is 0 Å². The molecular formula is C19H19BrN4OS. The van der Waals surface area contributed by atoms with Crippen LogP contribution in [0, 0.1) is 0 Å². The molecule has 4 rings (SSSR count). The van der Waals surface area contributed by atoms with E-state index in [1.807, 2.05) is 30.3 Å². The van der Waals surface area contributed by atoms with E-state index in [4.69, 9.17) is 4.52 Å². The van der Waals surface area contributed by atoms with Crippen molar-refractivity contribution in [1.29, 1.82) is 0 Å². The summed E-state index contributed by atoms with van der Waals surface area (Å²) in [6.07, 6.45) is 6.35. The fourth-order valence-corrected chi connectivity index (χ4v) is 4.37. The summed E-state index contributed by atoms with van der Waals surface area (Å²) in [6, 6.07) is 8.10. The van der Waals surface area contributed by atoms with E-state index in [-0.39, 0.29) is 0 Å². The molecule has 0 amide bonds. The number of allylic oxidation sites excluding steroid dienone is 1. The molecule has 0 atom stereocenters. The highest BCUT2D eigenvalue weighted by Crippen LogP contribution is 2.30. The summed E-state index contributed by atoms with van der Waals surface area (Å²) in [5.41, 5.74) is 3.38. The van der Waals surface area contributed by atoms with Crippen LogP contribution >= 0.6 is 27.7 Å². The zero-order chi connectivity index (χ0) is 17.9. The van der Waals surface area contributed by atoms with Crippen molar-refractivity contribution in [2.75, 3.05) is 0 Å². The standard InChI is InChI=1S/C19H19BrN4OS/c1-2-11-24-18(13-7-9-14(20)10-8-13)21-22-19(24)26-12-16-15-5-3-4-6-17(15)25-23-16/h2,7-10H,1,3-6,11-12H2. The molecule has 1 aliphatic carbocycles. The first-order valence-corrected chi connectivity index (χ1v) is 10.4. The zero-order valence-electron chi connectivity index (χ0n) is 14.3. The first-order valence-electron chi connectivity index (χ1n) is 8.65. The molecule has 0 saturated carbocycles. The van der Waals surface area contributed by atoms with Gasteiger partial charge in [0.15, 0.2) is 11.0 Å². The molecule has 2 heterocycles. The topological polar surface area (TPSA) is 56.7 Å². The van der Waals surface area contributed by atoms with Gasteiger partial charge in [-0.05, 0) is 31.4 Å². The van der Waals surface area contributed by atoms with Gasteiger partial charge < -0.3 is 4.52 Å². The normalized spacial score (nSPS) is 13.6. The maximum atomic E-state index is 5.51. The molecule has 0 radical (unpaired) electrons. The maximum Gasteiger partial charge on any atom is 0.192 e. The van der Waals surface area contributed by atoms with E-state index in [0.29, 0.717) is 6.54 Å². The van der Waals surface area contributed by atoms with Crippen LogP contribution in [0.25, 0.3) is 11.4 Å². The van der Waals surface area contributed by atoms with E-state index in [1.165, 1.54) is 18.4 Å². The minimum atomic E-state index is 0.664. The van der Waals surface area contributed by atoms with Crippen molar-refractivity contribution in [2.24, 2.45) is 0 Å². The van der Waals surface area contributed by atoms with Crippen LogP contribution in [0.1, 0.15) is 29.9 Å². The lowest BCUT2D eigenvalue weighted by Crippen LogP contribution is -2.03. The van der Waals surface area contributed by atoms with E-state index in [9.17, 15) is 0 Å². The fourth-order valence-electron chi connectivity index (χ4n) is 3.20. The second kappa shape index (κ2) is 7.80. The molecule has 134 valence electrons. The lowest BCUT2D eigenvalue weighted by molar-refractivity contribution is 0.369. The van der Waals surface area contributed by atoms with Crippen LogP contribution < -0.4 is 0 Å². The Balaban J connectivity index is 1.57. The summed E-state index contributed by atoms with van der Waals surface area (Å²) in [5.74, 6) is 2.66. The van der Waals surface area contributed by atoms with Crippen LogP contribution in [-0.4, -0.2) is 19.9 Å². The number of nitrogens with zero attached hydrogens (tertiary/aromatic N) is 4. The van der Waals surface area contributed by atoms with Crippen molar-refractivity contribution in [2.45, 2.75) is 43.1 Å². The quantitative estimate of drug-likeness (QED) is 0.404. The van der Waals surface area contributed by atoms with Gasteiger partial charge in [-0.3, -0.25) is 4.57 Å². The van der Waals surface area contributed by atoms with E-state index in [1.54, 1.807) is 11.8 Å². The van der Waals surface area contributed by atoms with E-state index >= 15 is 0 Å². The molecule has 1 aromatic carbocycles. The van der Waals surface area contributed by atoms with Gasteiger partial charge in [0.05, 0.1) is 5.69 Å². The van der Waals surface area contributed by atoms with E-state index < -0.39 is 0 Å². The lowest BCUT2D eigenvalue weighted by Gasteiger charge is -2.09. The molecule has 0 N–H and O–H groups in total. The molecule has 1 aliphatic rings. The Labute approximate surface area is 165 Å². The van der Waals surface area contributed by atoms with Crippen LogP contribution in [-0.2, 0) is 25.1 Å². The number of aryl methyl sites for hydroxylation is 1. The average molecular weight is 431 g/mol. The van der Waals surface area contributed by atoms with Gasteiger partial charge in [-0.1, -0.05) is 51.1 Å². The van der Waals surface area contributed by atoms with Gasteiger partial charge in [-0.25, -0.2) is 0 Å². The number of hydrogen-bond donors (Lipinski definition) is 0. The van der Waals surface area contributed by atoms with Crippen molar-refractivity contribution < 1.29 is 4.52 Å². The van der Waals surface area contributed by atoms with Gasteiger partial charge in [0.25, 0.3) is 0 Å². The van der Waals surface area contributed by atoms with Crippen molar-refractivity contribution >= 4 is 27.7 Å². The Morgan fingerprint density at radius 1 is 1.19 bits per heavy atom. The SMILES string of the molecule is C=CCn1c(SCc2noc3c2CCCC3)nnc1-c1ccc(Br)cc1. The molecule has 26 heavy (non-hydrogen) atoms. The number of thioether (sulfide) groups is 1. The number of aromatic nitrogens is 4. The monoisotopic (exact) mass is 430 g/mol. The summed E-state index contributed by atoms with van der Waals surface area (Å²) in [6.45, 7) is 4.54. The second-order valence-corrected chi connectivity index (χ2v) is 8.10. The fraction of sp³-hybridized carbons (Fsp3) is 0.316. The molecule has 0 fully saturated rings. The highest BCUT2D eigenvalue weighted by molar-refractivity contribution is 9.10. The molecule has 0 spiro atoms. The first-order chi connectivity index (χ1) is 12.8. The molecule has 0 bridgehead atoms. The number of rotatable bonds is 6. The number of halogens is 1. The molecule has 5 nitrogen and oxygen atoms in total. The van der Waals surface area contributed by atoms with E-state index in [0.717, 1.165) is 51.1 Å². The third kappa shape index (κ3) is 3.50. The van der Waals surface area contributed by atoms with Crippen LogP contribution in [0.4, 0.5) is 0 Å². The number of benzene rings is 1. The molecule has 3 aromatic rings. The Morgan fingerprint density at radius 2 is 2.00 bits per heavy atom. The van der Waals surface area contributed by atoms with Gasteiger partial charge in [-0.2, -0.15) is 0 Å². The van der Waals surface area contributed by atoms with Crippen molar-refractivity contribution in [3.05, 3.63) is 58.4 Å². The summed E-state index contributed by atoms with van der Waals surface area (Å²) in [7, 11) is 0. The van der Waals surface area contributed by atoms with Gasteiger partial charge in [0, 0.05) is 34.3 Å². The van der Waals surface area contributed by atoms with Gasteiger partial charge >= 0.3 is 0 Å². The van der Waals surface area contributed by atoms with Crippen molar-refractivity contribution in [1.82, 2.24) is 19.9 Å². The third-order valence-corrected chi connectivity index (χ3v) is 6.01. The predicted octanol–water partition coefficient (Wildman–Crippen LogP) is 5.05. The number of fused-ring (bicyclic) bond motifs is 1. The second-order valence-electron chi connectivity index (χ2n) is 6.24. The summed E-state index contributed by atoms with van der Waals surface area (Å²) in [4.78, 5) is 0. The Hall–Kier alpha value is -1.86. The molecule has 7 heteroatoms. The van der Waals surface area contributed by atoms with Crippen LogP contribution in [0.2, 0.25) is 0 Å². The summed E-state index contributed by atoms with van der Waals surface area (Å²) < 4.78 is 8.65. The van der Waals surface area contributed by atoms with E-state index in [2.05, 4.69) is 42.4 Å². The highest BCUT2D eigenvalue weighted by atomic mass is 79.9. The first kappa shape index (κ1) is 17.5. The average Bonchev–Trinajstić information content (AvgIpc) is 3.25. The van der Waals surface area contributed by atoms with Crippen LogP contribution in [0.15, 0.2) is 51.1 Å². The Kier molecular flexibility index (Phi) is 5.26. The van der Waals surface area contributed by atoms with Crippen LogP contribution in [0.3, 0.4) is 0 Å². The third-order valence-electron chi connectivity index (χ3n) is 4.50. The molecular weight excluding hydrogens is 412 g/mol. The van der Waals surface area contributed by atoms with Gasteiger partial charge in [-0.15, -0.1) is 16.8 Å². The largest absolute Gasteiger partial charge is 0.361 e. The van der Waals surface area contributed by atoms with Crippen molar-refractivity contribution in [3.8, 4) is 11.4 Å². The molecule has 0 saturated heterocycles. The minimum absolute atomic E-state index is 0.664. The summed E-state index contributed by atoms with van der Waals surface area (Å²) >= 11 is 5.12. The molecule has 0 unspecified atom stereocenters. The molecule has 0 aliphatic heterocycles. The van der Waals surface area contributed by atoms with Gasteiger partial charge in [0.1, 0.15) is 5.76 Å². The lowest BCUT2D eigenvalue weighted by atomic mass is 9.97. The Morgan fingerprint density at radius 3 is 2.81 bits per heavy atom. The maximum absolute atomic E-state index is 5.51. The van der Waals surface area contributed by atoms with Crippen molar-refractivity contribution in [3.63, 3.8) is 0 Å². The minimum Gasteiger partial charge on any atom is -0.361 e. The predicted molar refractivity (Wildman–Crippen MR) is 106 cm³/mol. The smallest absolute Gasteiger partial charge is 0.192 e. The molecule has 2 aromatic heterocycles. The Bertz CT molecular complexity index is 916. The zero-order valence-corrected chi connectivity index (χ0v) is 16.7. The summed E-state index contributed by atoms with van der Waals surface area (Å²) in [5, 5.41) is 14.0. The van der Waals surface area contributed by atoms with Crippen LogP contribution in [0.5, 0.6) is 0 Å².